The fraction of sp³-hybridized carbons (Fsp3) is 0. The fourth-order valence-electron chi connectivity index (χ4n) is 0. The van der Waals surface area contributed by atoms with E-state index >= 15 is 0 Å². The Balaban J connectivity index is 0. The van der Waals surface area contributed by atoms with E-state index in [4.69, 9.17) is 7.48 Å². The molecule has 0 unspecified atom stereocenters. The molecule has 0 saturated heterocycles. The Kier molecular flexibility index (Phi) is 118. The van der Waals surface area contributed by atoms with Crippen LogP contribution in [0, 0.1) is 0 Å². The first-order chi connectivity index (χ1) is 2.00. The zero-order chi connectivity index (χ0) is 4.00. The Labute approximate surface area is 41.4 Å². The van der Waals surface area contributed by atoms with Crippen molar-refractivity contribution < 1.29 is 41.1 Å². The molecule has 0 aromatic rings. The zero-order valence-electron chi connectivity index (χ0n) is 1.67. The maximum atomic E-state index is 8.19. The summed E-state index contributed by atoms with van der Waals surface area (Å²) in [5.41, 5.74) is 0. The summed E-state index contributed by atoms with van der Waals surface area (Å²) in [5, 5.41) is 0. The van der Waals surface area contributed by atoms with Gasteiger partial charge in [0.2, 0.25) is 0 Å². The van der Waals surface area contributed by atoms with Crippen molar-refractivity contribution in [2.75, 3.05) is 0 Å². The van der Waals surface area contributed by atoms with Gasteiger partial charge in [-0.15, -0.1) is 0 Å². The van der Waals surface area contributed by atoms with Crippen molar-refractivity contribution in [3.05, 3.63) is 0 Å². The van der Waals surface area contributed by atoms with E-state index in [1.165, 1.54) is 16.2 Å². The molecular formula is CrO2V. The summed E-state index contributed by atoms with van der Waals surface area (Å²) in [6.45, 7) is 0. The van der Waals surface area contributed by atoms with Gasteiger partial charge in [-0.2, -0.15) is 0 Å². The van der Waals surface area contributed by atoms with Crippen molar-refractivity contribution in [3.8, 4) is 0 Å². The third kappa shape index (κ3) is 15.6. The molecule has 0 fully saturated rings. The molecular weight excluding hydrogens is 135 g/mol. The molecule has 0 aromatic heterocycles. The topological polar surface area (TPSA) is 34.1 Å². The summed E-state index contributed by atoms with van der Waals surface area (Å²) < 4.78 is 16.3. The summed E-state index contributed by atoms with van der Waals surface area (Å²) in [6.07, 6.45) is 0. The van der Waals surface area contributed by atoms with Crippen molar-refractivity contribution in [1.82, 2.24) is 0 Å². The van der Waals surface area contributed by atoms with E-state index in [2.05, 4.69) is 0 Å². The second-order valence-corrected chi connectivity index (χ2v) is 0. The van der Waals surface area contributed by atoms with Gasteiger partial charge in [-0.25, -0.2) is 0 Å². The predicted molar refractivity (Wildman–Crippen MR) is 1.37 cm³/mol. The van der Waals surface area contributed by atoms with E-state index < -0.39 is 0 Å². The van der Waals surface area contributed by atoms with Gasteiger partial charge in [0.25, 0.3) is 0 Å². The van der Waals surface area contributed by atoms with Crippen LogP contribution >= 0.6 is 0 Å². The van der Waals surface area contributed by atoms with E-state index in [0.29, 0.717) is 0 Å². The van der Waals surface area contributed by atoms with Gasteiger partial charge in [0.1, 0.15) is 0 Å². The van der Waals surface area contributed by atoms with Gasteiger partial charge in [0, 0.05) is 0 Å². The molecule has 23 valence electrons. The molecule has 0 rings (SSSR count). The van der Waals surface area contributed by atoms with Crippen LogP contribution in [0.5, 0.6) is 0 Å². The molecule has 0 spiro atoms. The second kappa shape index (κ2) is 53.4. The van der Waals surface area contributed by atoms with Gasteiger partial charge in [-0.05, 0) is 0 Å². The Morgan fingerprint density at radius 1 is 1.25 bits per heavy atom. The van der Waals surface area contributed by atoms with Crippen molar-refractivity contribution in [1.29, 1.82) is 0 Å². The number of hydrogen-bond donors (Lipinski definition) is 0. The van der Waals surface area contributed by atoms with Gasteiger partial charge in [-0.3, -0.25) is 0 Å². The quantitative estimate of drug-likeness (QED) is 0.459. The molecule has 0 N–H and O–H groups in total. The summed E-state index contributed by atoms with van der Waals surface area (Å²) in [5.74, 6) is 0. The molecule has 4 heavy (non-hydrogen) atoms. The third-order valence-corrected chi connectivity index (χ3v) is 0. The third-order valence-electron chi connectivity index (χ3n) is 0. The Morgan fingerprint density at radius 2 is 1.25 bits per heavy atom. The molecule has 0 aromatic carbocycles. The van der Waals surface area contributed by atoms with Crippen LogP contribution in [0.15, 0.2) is 0 Å². The molecule has 0 atom stereocenters. The van der Waals surface area contributed by atoms with Gasteiger partial charge < -0.3 is 0 Å². The van der Waals surface area contributed by atoms with Crippen LogP contribution in [0.25, 0.3) is 0 Å². The minimum absolute atomic E-state index is 1.06. The van der Waals surface area contributed by atoms with Gasteiger partial charge >= 0.3 is 41.1 Å². The molecule has 0 aliphatic rings. The molecule has 0 amide bonds. The Bertz CT molecular complexity index is 8.00. The molecule has 0 aliphatic carbocycles. The predicted octanol–water partition coefficient (Wildman–Crippen LogP) is -0.243. The van der Waals surface area contributed by atoms with Crippen molar-refractivity contribution in [2.45, 2.75) is 0 Å². The van der Waals surface area contributed by atoms with E-state index in [1.54, 1.807) is 0 Å². The van der Waals surface area contributed by atoms with Crippen LogP contribution in [0.3, 0.4) is 0 Å². The zero-order valence-corrected chi connectivity index (χ0v) is 4.34. The van der Waals surface area contributed by atoms with Crippen LogP contribution < -0.4 is 0 Å². The van der Waals surface area contributed by atoms with E-state index in [0.717, 1.165) is 17.4 Å². The van der Waals surface area contributed by atoms with Crippen LogP contribution in [0.1, 0.15) is 0 Å². The molecule has 0 aliphatic heterocycles. The standard InChI is InChI=1S/Cr.2O.V. The Morgan fingerprint density at radius 3 is 1.25 bits per heavy atom. The average Bonchev–Trinajstić information content (AvgIpc) is 1.50. The second-order valence-electron chi connectivity index (χ2n) is 0. The molecule has 0 saturated carbocycles. The van der Waals surface area contributed by atoms with Gasteiger partial charge in [0.05, 0.1) is 0 Å². The summed E-state index contributed by atoms with van der Waals surface area (Å²) in [7, 11) is 0. The molecule has 0 bridgehead atoms. The van der Waals surface area contributed by atoms with E-state index in [-0.39, 0.29) is 0 Å². The van der Waals surface area contributed by atoms with Crippen molar-refractivity contribution in [2.24, 2.45) is 0 Å². The number of rotatable bonds is 0. The number of hydrogen-bond acceptors (Lipinski definition) is 2. The molecule has 4 heteroatoms. The molecule has 2 nitrogen and oxygen atoms in total. The van der Waals surface area contributed by atoms with E-state index in [1.807, 2.05) is 0 Å². The van der Waals surface area contributed by atoms with Crippen LogP contribution in [0.4, 0.5) is 0 Å². The SMILES string of the molecule is [O]=[Cr].[O]=[V]. The van der Waals surface area contributed by atoms with Gasteiger partial charge in [0.15, 0.2) is 0 Å². The first-order valence-electron chi connectivity index (χ1n) is 0.349. The molecule has 0 radical (unpaired) electrons. The monoisotopic (exact) mass is 135 g/mol. The van der Waals surface area contributed by atoms with E-state index in [9.17, 15) is 0 Å². The van der Waals surface area contributed by atoms with Crippen molar-refractivity contribution >= 4 is 0 Å². The summed E-state index contributed by atoms with van der Waals surface area (Å²) in [6, 6.07) is 0. The first kappa shape index (κ1) is 8.83. The average molecular weight is 135 g/mol. The van der Waals surface area contributed by atoms with Crippen LogP contribution in [-0.2, 0) is 41.1 Å². The van der Waals surface area contributed by atoms with Gasteiger partial charge in [-0.1, -0.05) is 0 Å². The Hall–Kier alpha value is 0.717. The van der Waals surface area contributed by atoms with Crippen LogP contribution in [0.2, 0.25) is 0 Å². The first-order valence-corrected chi connectivity index (χ1v) is 1.44. The molecule has 0 heterocycles. The normalized spacial score (nSPS) is 1.75. The summed E-state index contributed by atoms with van der Waals surface area (Å²) in [4.78, 5) is 0. The maximum absolute atomic E-state index is 8.19. The summed E-state index contributed by atoms with van der Waals surface area (Å²) >= 11 is 2.44. The van der Waals surface area contributed by atoms with Crippen molar-refractivity contribution in [3.63, 3.8) is 0 Å². The van der Waals surface area contributed by atoms with Crippen LogP contribution in [-0.4, -0.2) is 0 Å². The minimum atomic E-state index is 1.06. The fourth-order valence-corrected chi connectivity index (χ4v) is 0.